The number of aromatic nitrogens is 1. The molecular weight excluding hydrogens is 248 g/mol. The molecule has 1 unspecified atom stereocenters. The van der Waals surface area contributed by atoms with Crippen LogP contribution in [-0.2, 0) is 0 Å². The molecule has 112 valence electrons. The molecule has 1 saturated heterocycles. The van der Waals surface area contributed by atoms with Gasteiger partial charge in [-0.15, -0.1) is 0 Å². The summed E-state index contributed by atoms with van der Waals surface area (Å²) in [5.41, 5.74) is 0. The molecular formula is C16H28N4. The number of nitrogens with zero attached hydrogens (tertiary/aromatic N) is 3. The highest BCUT2D eigenvalue weighted by Gasteiger charge is 2.19. The van der Waals surface area contributed by atoms with E-state index in [1.807, 2.05) is 12.3 Å². The Labute approximate surface area is 123 Å². The van der Waals surface area contributed by atoms with Crippen LogP contribution in [0, 0.1) is 0 Å². The molecule has 20 heavy (non-hydrogen) atoms. The summed E-state index contributed by atoms with van der Waals surface area (Å²) in [7, 11) is 0. The van der Waals surface area contributed by atoms with Gasteiger partial charge in [-0.3, -0.25) is 4.90 Å². The van der Waals surface area contributed by atoms with Crippen LogP contribution in [0.4, 0.5) is 5.82 Å². The monoisotopic (exact) mass is 276 g/mol. The number of hydrogen-bond donors (Lipinski definition) is 1. The molecule has 0 saturated carbocycles. The first-order chi connectivity index (χ1) is 9.83. The number of piperazine rings is 1. The fourth-order valence-electron chi connectivity index (χ4n) is 2.70. The van der Waals surface area contributed by atoms with Gasteiger partial charge in [-0.2, -0.15) is 0 Å². The highest BCUT2D eigenvalue weighted by atomic mass is 15.3. The van der Waals surface area contributed by atoms with Crippen LogP contribution in [0.1, 0.15) is 26.7 Å². The van der Waals surface area contributed by atoms with Gasteiger partial charge < -0.3 is 10.2 Å². The van der Waals surface area contributed by atoms with E-state index in [0.717, 1.165) is 38.5 Å². The van der Waals surface area contributed by atoms with E-state index < -0.39 is 0 Å². The predicted octanol–water partition coefficient (Wildman–Crippen LogP) is 1.98. The lowest BCUT2D eigenvalue weighted by Gasteiger charge is -2.37. The van der Waals surface area contributed by atoms with Crippen molar-refractivity contribution < 1.29 is 0 Å². The molecule has 0 amide bonds. The summed E-state index contributed by atoms with van der Waals surface area (Å²) in [6, 6.07) is 6.78. The molecule has 1 N–H and O–H groups in total. The Balaban J connectivity index is 1.76. The molecule has 0 aromatic carbocycles. The van der Waals surface area contributed by atoms with Gasteiger partial charge in [0.25, 0.3) is 0 Å². The van der Waals surface area contributed by atoms with Crippen molar-refractivity contribution in [1.29, 1.82) is 0 Å². The van der Waals surface area contributed by atoms with Gasteiger partial charge in [0.15, 0.2) is 0 Å². The minimum absolute atomic E-state index is 0.636. The standard InChI is InChI=1S/C16H28N4/c1-3-8-17-15(4-2)14-19-10-12-20(13-11-19)16-7-5-6-9-18-16/h5-7,9,15,17H,3-4,8,10-14H2,1-2H3. The minimum atomic E-state index is 0.636. The Hall–Kier alpha value is -1.13. The molecule has 2 rings (SSSR count). The average molecular weight is 276 g/mol. The van der Waals surface area contributed by atoms with Gasteiger partial charge in [0.05, 0.1) is 0 Å². The normalized spacial score (nSPS) is 18.2. The van der Waals surface area contributed by atoms with Crippen molar-refractivity contribution in [1.82, 2.24) is 15.2 Å². The molecule has 1 fully saturated rings. The van der Waals surface area contributed by atoms with Crippen molar-refractivity contribution in [3.05, 3.63) is 24.4 Å². The van der Waals surface area contributed by atoms with E-state index in [4.69, 9.17) is 0 Å². The van der Waals surface area contributed by atoms with Crippen LogP contribution in [-0.4, -0.2) is 55.2 Å². The van der Waals surface area contributed by atoms with Crippen LogP contribution in [0.3, 0.4) is 0 Å². The first kappa shape index (κ1) is 15.3. The fourth-order valence-corrected chi connectivity index (χ4v) is 2.70. The van der Waals surface area contributed by atoms with E-state index in [9.17, 15) is 0 Å². The van der Waals surface area contributed by atoms with Crippen molar-refractivity contribution in [2.24, 2.45) is 0 Å². The molecule has 1 atom stereocenters. The van der Waals surface area contributed by atoms with Crippen LogP contribution in [0.5, 0.6) is 0 Å². The number of nitrogens with one attached hydrogen (secondary N) is 1. The Morgan fingerprint density at radius 3 is 2.60 bits per heavy atom. The van der Waals surface area contributed by atoms with E-state index >= 15 is 0 Å². The van der Waals surface area contributed by atoms with Gasteiger partial charge in [0.1, 0.15) is 5.82 Å². The van der Waals surface area contributed by atoms with Crippen LogP contribution in [0.2, 0.25) is 0 Å². The summed E-state index contributed by atoms with van der Waals surface area (Å²) in [5.74, 6) is 1.11. The second kappa shape index (κ2) is 8.22. The lowest BCUT2D eigenvalue weighted by molar-refractivity contribution is 0.226. The van der Waals surface area contributed by atoms with Gasteiger partial charge in [-0.25, -0.2) is 4.98 Å². The maximum atomic E-state index is 4.44. The van der Waals surface area contributed by atoms with E-state index in [0.29, 0.717) is 6.04 Å². The van der Waals surface area contributed by atoms with Crippen molar-refractivity contribution in [2.45, 2.75) is 32.7 Å². The Morgan fingerprint density at radius 1 is 1.20 bits per heavy atom. The van der Waals surface area contributed by atoms with Gasteiger partial charge in [-0.05, 0) is 31.5 Å². The fraction of sp³-hybridized carbons (Fsp3) is 0.688. The van der Waals surface area contributed by atoms with Crippen LogP contribution in [0.15, 0.2) is 24.4 Å². The first-order valence-electron chi connectivity index (χ1n) is 7.95. The first-order valence-corrected chi connectivity index (χ1v) is 7.95. The maximum Gasteiger partial charge on any atom is 0.128 e. The lowest BCUT2D eigenvalue weighted by Crippen LogP contribution is -2.51. The highest BCUT2D eigenvalue weighted by molar-refractivity contribution is 5.38. The minimum Gasteiger partial charge on any atom is -0.354 e. The predicted molar refractivity (Wildman–Crippen MR) is 85.3 cm³/mol. The van der Waals surface area contributed by atoms with Crippen molar-refractivity contribution in [3.8, 4) is 0 Å². The van der Waals surface area contributed by atoms with Gasteiger partial charge in [0.2, 0.25) is 0 Å². The zero-order valence-corrected chi connectivity index (χ0v) is 12.9. The summed E-state index contributed by atoms with van der Waals surface area (Å²) in [5, 5.41) is 3.64. The third kappa shape index (κ3) is 4.46. The van der Waals surface area contributed by atoms with Crippen LogP contribution >= 0.6 is 0 Å². The van der Waals surface area contributed by atoms with E-state index in [-0.39, 0.29) is 0 Å². The average Bonchev–Trinajstić information content (AvgIpc) is 2.53. The molecule has 2 heterocycles. The summed E-state index contributed by atoms with van der Waals surface area (Å²) in [6.45, 7) is 11.3. The lowest BCUT2D eigenvalue weighted by atomic mass is 10.2. The smallest absolute Gasteiger partial charge is 0.128 e. The molecule has 0 radical (unpaired) electrons. The van der Waals surface area contributed by atoms with Gasteiger partial charge >= 0.3 is 0 Å². The molecule has 4 heteroatoms. The molecule has 1 aromatic rings. The molecule has 1 aromatic heterocycles. The summed E-state index contributed by atoms with van der Waals surface area (Å²) >= 11 is 0. The summed E-state index contributed by atoms with van der Waals surface area (Å²) in [6.07, 6.45) is 4.30. The number of anilines is 1. The third-order valence-electron chi connectivity index (χ3n) is 4.00. The van der Waals surface area contributed by atoms with E-state index in [2.05, 4.69) is 46.1 Å². The van der Waals surface area contributed by atoms with Crippen LogP contribution in [0.25, 0.3) is 0 Å². The zero-order chi connectivity index (χ0) is 14.2. The van der Waals surface area contributed by atoms with E-state index in [1.54, 1.807) is 0 Å². The Kier molecular flexibility index (Phi) is 6.27. The molecule has 0 spiro atoms. The van der Waals surface area contributed by atoms with Crippen molar-refractivity contribution in [3.63, 3.8) is 0 Å². The van der Waals surface area contributed by atoms with Crippen LogP contribution < -0.4 is 10.2 Å². The topological polar surface area (TPSA) is 31.4 Å². The van der Waals surface area contributed by atoms with Gasteiger partial charge in [0, 0.05) is 45.0 Å². The maximum absolute atomic E-state index is 4.44. The summed E-state index contributed by atoms with van der Waals surface area (Å²) < 4.78 is 0. The highest BCUT2D eigenvalue weighted by Crippen LogP contribution is 2.12. The Bertz CT molecular complexity index is 360. The van der Waals surface area contributed by atoms with Crippen molar-refractivity contribution in [2.75, 3.05) is 44.2 Å². The number of pyridine rings is 1. The van der Waals surface area contributed by atoms with E-state index in [1.165, 1.54) is 19.4 Å². The zero-order valence-electron chi connectivity index (χ0n) is 12.9. The molecule has 1 aliphatic rings. The van der Waals surface area contributed by atoms with Crippen molar-refractivity contribution >= 4 is 5.82 Å². The second-order valence-electron chi connectivity index (χ2n) is 5.53. The molecule has 0 aliphatic carbocycles. The quantitative estimate of drug-likeness (QED) is 0.825. The Morgan fingerprint density at radius 2 is 2.00 bits per heavy atom. The largest absolute Gasteiger partial charge is 0.354 e. The number of rotatable bonds is 7. The number of hydrogen-bond acceptors (Lipinski definition) is 4. The molecule has 1 aliphatic heterocycles. The van der Waals surface area contributed by atoms with Gasteiger partial charge in [-0.1, -0.05) is 19.9 Å². The molecule has 0 bridgehead atoms. The molecule has 4 nitrogen and oxygen atoms in total. The summed E-state index contributed by atoms with van der Waals surface area (Å²) in [4.78, 5) is 9.41. The SMILES string of the molecule is CCCNC(CC)CN1CCN(c2ccccn2)CC1. The third-order valence-corrected chi connectivity index (χ3v) is 4.00. The second-order valence-corrected chi connectivity index (χ2v) is 5.53.